The van der Waals surface area contributed by atoms with Crippen molar-refractivity contribution in [2.24, 2.45) is 5.73 Å². The van der Waals surface area contributed by atoms with E-state index in [1.54, 1.807) is 0 Å². The van der Waals surface area contributed by atoms with Crippen LogP contribution in [-0.4, -0.2) is 4.98 Å². The van der Waals surface area contributed by atoms with Crippen molar-refractivity contribution < 1.29 is 0 Å². The molecule has 0 saturated carbocycles. The smallest absolute Gasteiger partial charge is 0.0457 e. The molecular formula is C13H18N2. The normalized spacial score (nSPS) is 13.2. The zero-order chi connectivity index (χ0) is 10.7. The number of hydrogen-bond acceptors (Lipinski definition) is 1. The summed E-state index contributed by atoms with van der Waals surface area (Å²) in [6, 6.07) is 8.69. The highest BCUT2D eigenvalue weighted by Crippen LogP contribution is 2.21. The van der Waals surface area contributed by atoms with Crippen LogP contribution >= 0.6 is 0 Å². The van der Waals surface area contributed by atoms with E-state index in [2.05, 4.69) is 36.2 Å². The lowest BCUT2D eigenvalue weighted by molar-refractivity contribution is 0.604. The Morgan fingerprint density at radius 3 is 3.00 bits per heavy atom. The Labute approximate surface area is 90.5 Å². The summed E-state index contributed by atoms with van der Waals surface area (Å²) in [4.78, 5) is 3.22. The van der Waals surface area contributed by atoms with Crippen LogP contribution in [0.3, 0.4) is 0 Å². The molecule has 0 unspecified atom stereocenters. The molecule has 0 fully saturated rings. The Kier molecular flexibility index (Phi) is 3.07. The van der Waals surface area contributed by atoms with E-state index in [0.717, 1.165) is 6.42 Å². The third-order valence-corrected chi connectivity index (χ3v) is 2.88. The highest BCUT2D eigenvalue weighted by atomic mass is 14.7. The zero-order valence-electron chi connectivity index (χ0n) is 9.16. The summed E-state index contributed by atoms with van der Waals surface area (Å²) in [6.07, 6.45) is 5.44. The van der Waals surface area contributed by atoms with Crippen LogP contribution in [0.1, 0.15) is 37.8 Å². The van der Waals surface area contributed by atoms with Gasteiger partial charge in [-0.15, -0.1) is 0 Å². The molecule has 1 aromatic carbocycles. The molecule has 3 N–H and O–H groups in total. The molecule has 2 nitrogen and oxygen atoms in total. The van der Waals surface area contributed by atoms with Crippen molar-refractivity contribution >= 4 is 10.9 Å². The SMILES string of the molecule is CCCC[C@@H](N)c1ccc2cc[nH]c2c1. The van der Waals surface area contributed by atoms with Gasteiger partial charge in [0.05, 0.1) is 0 Å². The van der Waals surface area contributed by atoms with Gasteiger partial charge in [0, 0.05) is 17.8 Å². The van der Waals surface area contributed by atoms with Crippen molar-refractivity contribution in [2.45, 2.75) is 32.2 Å². The monoisotopic (exact) mass is 202 g/mol. The standard InChI is InChI=1S/C13H18N2/c1-2-3-4-12(14)11-6-5-10-7-8-15-13(10)9-11/h5-9,12,15H,2-4,14H2,1H3/t12-/m1/s1. The van der Waals surface area contributed by atoms with Crippen molar-refractivity contribution in [3.8, 4) is 0 Å². The molecule has 80 valence electrons. The quantitative estimate of drug-likeness (QED) is 0.784. The number of nitrogens with one attached hydrogen (secondary N) is 1. The number of nitrogens with two attached hydrogens (primary N) is 1. The Hall–Kier alpha value is -1.28. The molecule has 0 bridgehead atoms. The summed E-state index contributed by atoms with van der Waals surface area (Å²) >= 11 is 0. The van der Waals surface area contributed by atoms with E-state index in [-0.39, 0.29) is 6.04 Å². The van der Waals surface area contributed by atoms with Gasteiger partial charge in [0.25, 0.3) is 0 Å². The van der Waals surface area contributed by atoms with Crippen LogP contribution in [0.25, 0.3) is 10.9 Å². The first-order chi connectivity index (χ1) is 7.31. The Morgan fingerprint density at radius 1 is 1.33 bits per heavy atom. The van der Waals surface area contributed by atoms with Gasteiger partial charge in [0.2, 0.25) is 0 Å². The van der Waals surface area contributed by atoms with Gasteiger partial charge in [-0.25, -0.2) is 0 Å². The number of aromatic nitrogens is 1. The average Bonchev–Trinajstić information content (AvgIpc) is 2.72. The minimum absolute atomic E-state index is 0.178. The minimum atomic E-state index is 0.178. The molecule has 0 aliphatic carbocycles. The van der Waals surface area contributed by atoms with E-state index in [1.807, 2.05) is 6.20 Å². The molecule has 0 saturated heterocycles. The lowest BCUT2D eigenvalue weighted by Crippen LogP contribution is -2.09. The summed E-state index contributed by atoms with van der Waals surface area (Å²) in [7, 11) is 0. The van der Waals surface area contributed by atoms with Gasteiger partial charge < -0.3 is 10.7 Å². The zero-order valence-corrected chi connectivity index (χ0v) is 9.16. The van der Waals surface area contributed by atoms with E-state index >= 15 is 0 Å². The first kappa shape index (κ1) is 10.2. The van der Waals surface area contributed by atoms with Gasteiger partial charge in [-0.2, -0.15) is 0 Å². The lowest BCUT2D eigenvalue weighted by Gasteiger charge is -2.11. The number of fused-ring (bicyclic) bond motifs is 1. The molecule has 1 aromatic heterocycles. The number of aromatic amines is 1. The van der Waals surface area contributed by atoms with Gasteiger partial charge in [0.15, 0.2) is 0 Å². The largest absolute Gasteiger partial charge is 0.361 e. The maximum atomic E-state index is 6.13. The highest BCUT2D eigenvalue weighted by molar-refractivity contribution is 5.79. The van der Waals surface area contributed by atoms with Gasteiger partial charge in [-0.1, -0.05) is 31.9 Å². The molecule has 0 spiro atoms. The van der Waals surface area contributed by atoms with Crippen molar-refractivity contribution in [3.63, 3.8) is 0 Å². The number of rotatable bonds is 4. The fraction of sp³-hybridized carbons (Fsp3) is 0.385. The predicted molar refractivity (Wildman–Crippen MR) is 64.8 cm³/mol. The van der Waals surface area contributed by atoms with Crippen molar-refractivity contribution in [1.29, 1.82) is 0 Å². The fourth-order valence-electron chi connectivity index (χ4n) is 1.89. The number of hydrogen-bond donors (Lipinski definition) is 2. The van der Waals surface area contributed by atoms with Crippen LogP contribution in [0, 0.1) is 0 Å². The van der Waals surface area contributed by atoms with Crippen LogP contribution in [-0.2, 0) is 0 Å². The van der Waals surface area contributed by atoms with E-state index in [9.17, 15) is 0 Å². The highest BCUT2D eigenvalue weighted by Gasteiger charge is 2.06. The second-order valence-electron chi connectivity index (χ2n) is 4.07. The summed E-state index contributed by atoms with van der Waals surface area (Å²) in [5.41, 5.74) is 8.54. The second kappa shape index (κ2) is 4.49. The van der Waals surface area contributed by atoms with Crippen molar-refractivity contribution in [1.82, 2.24) is 4.98 Å². The Bertz CT molecular complexity index is 431. The third-order valence-electron chi connectivity index (χ3n) is 2.88. The molecule has 2 heteroatoms. The summed E-state index contributed by atoms with van der Waals surface area (Å²) in [6.45, 7) is 2.20. The number of benzene rings is 1. The third kappa shape index (κ3) is 2.21. The maximum Gasteiger partial charge on any atom is 0.0457 e. The van der Waals surface area contributed by atoms with Crippen LogP contribution in [0.4, 0.5) is 0 Å². The second-order valence-corrected chi connectivity index (χ2v) is 4.07. The van der Waals surface area contributed by atoms with Crippen LogP contribution in [0.2, 0.25) is 0 Å². The van der Waals surface area contributed by atoms with Gasteiger partial charge in [0.1, 0.15) is 0 Å². The molecular weight excluding hydrogens is 184 g/mol. The molecule has 0 amide bonds. The molecule has 2 rings (SSSR count). The molecule has 0 radical (unpaired) electrons. The molecule has 0 aliphatic rings. The van der Waals surface area contributed by atoms with Crippen LogP contribution < -0.4 is 5.73 Å². The first-order valence-corrected chi connectivity index (χ1v) is 5.64. The first-order valence-electron chi connectivity index (χ1n) is 5.64. The maximum absolute atomic E-state index is 6.13. The molecule has 15 heavy (non-hydrogen) atoms. The van der Waals surface area contributed by atoms with Gasteiger partial charge >= 0.3 is 0 Å². The molecule has 1 heterocycles. The predicted octanol–water partition coefficient (Wildman–Crippen LogP) is 3.36. The topological polar surface area (TPSA) is 41.8 Å². The summed E-state index contributed by atoms with van der Waals surface area (Å²) in [5.74, 6) is 0. The van der Waals surface area contributed by atoms with Crippen LogP contribution in [0.5, 0.6) is 0 Å². The molecule has 0 aliphatic heterocycles. The van der Waals surface area contributed by atoms with Crippen molar-refractivity contribution in [3.05, 3.63) is 36.0 Å². The average molecular weight is 202 g/mol. The van der Waals surface area contributed by atoms with Crippen molar-refractivity contribution in [2.75, 3.05) is 0 Å². The van der Waals surface area contributed by atoms with E-state index in [1.165, 1.54) is 29.3 Å². The summed E-state index contributed by atoms with van der Waals surface area (Å²) < 4.78 is 0. The number of H-pyrrole nitrogens is 1. The molecule has 2 aromatic rings. The Morgan fingerprint density at radius 2 is 2.20 bits per heavy atom. The van der Waals surface area contributed by atoms with E-state index in [4.69, 9.17) is 5.73 Å². The molecule has 1 atom stereocenters. The van der Waals surface area contributed by atoms with E-state index < -0.39 is 0 Å². The Balaban J connectivity index is 2.19. The van der Waals surface area contributed by atoms with Crippen LogP contribution in [0.15, 0.2) is 30.5 Å². The van der Waals surface area contributed by atoms with Gasteiger partial charge in [-0.05, 0) is 29.5 Å². The summed E-state index contributed by atoms with van der Waals surface area (Å²) in [5, 5.41) is 1.25. The number of unbranched alkanes of at least 4 members (excludes halogenated alkanes) is 1. The minimum Gasteiger partial charge on any atom is -0.361 e. The lowest BCUT2D eigenvalue weighted by atomic mass is 10.0. The van der Waals surface area contributed by atoms with Gasteiger partial charge in [-0.3, -0.25) is 0 Å². The van der Waals surface area contributed by atoms with E-state index in [0.29, 0.717) is 0 Å². The fourth-order valence-corrected chi connectivity index (χ4v) is 1.89.